The van der Waals surface area contributed by atoms with Crippen LogP contribution in [0.2, 0.25) is 0 Å². The maximum absolute atomic E-state index is 11.3. The molecule has 0 bridgehead atoms. The largest absolute Gasteiger partial charge is 0.383 e. The van der Waals surface area contributed by atoms with Gasteiger partial charge < -0.3 is 21.3 Å². The normalized spacial score (nSPS) is 9.58. The molecule has 0 aliphatic rings. The van der Waals surface area contributed by atoms with Crippen LogP contribution >= 0.6 is 0 Å². The molecule has 1 aromatic rings. The summed E-state index contributed by atoms with van der Waals surface area (Å²) >= 11 is 0. The minimum atomic E-state index is -0.352. The summed E-state index contributed by atoms with van der Waals surface area (Å²) in [5, 5.41) is 10.7. The number of urea groups is 1. The molecule has 0 aliphatic heterocycles. The van der Waals surface area contributed by atoms with Gasteiger partial charge in [-0.1, -0.05) is 12.1 Å². The number of carbonyl (C=O) groups is 2. The number of hydrogen-bond acceptors (Lipinski definition) is 3. The zero-order valence-electron chi connectivity index (χ0n) is 11.2. The predicted molar refractivity (Wildman–Crippen MR) is 75.1 cm³/mol. The van der Waals surface area contributed by atoms with Crippen molar-refractivity contribution >= 4 is 17.6 Å². The van der Waals surface area contributed by atoms with Gasteiger partial charge in [0.1, 0.15) is 0 Å². The number of anilines is 1. The summed E-state index contributed by atoms with van der Waals surface area (Å²) in [7, 11) is 1.52. The maximum Gasteiger partial charge on any atom is 0.315 e. The molecule has 104 valence electrons. The summed E-state index contributed by atoms with van der Waals surface area (Å²) in [6.07, 6.45) is 0. The molecule has 0 aliphatic carbocycles. The fourth-order valence-electron chi connectivity index (χ4n) is 1.45. The van der Waals surface area contributed by atoms with E-state index in [-0.39, 0.29) is 18.5 Å². The Morgan fingerprint density at radius 3 is 2.63 bits per heavy atom. The Morgan fingerprint density at radius 1 is 1.16 bits per heavy atom. The molecule has 0 aromatic heterocycles. The van der Waals surface area contributed by atoms with E-state index in [1.165, 1.54) is 12.6 Å². The van der Waals surface area contributed by atoms with Crippen molar-refractivity contribution in [3.63, 3.8) is 0 Å². The van der Waals surface area contributed by atoms with Gasteiger partial charge in [0.05, 0.1) is 6.54 Å². The van der Waals surface area contributed by atoms with Gasteiger partial charge in [0, 0.05) is 25.8 Å². The average Bonchev–Trinajstić information content (AvgIpc) is 2.41. The molecule has 0 unspecified atom stereocenters. The molecular formula is C13H20N4O2. The lowest BCUT2D eigenvalue weighted by atomic mass is 10.2. The molecule has 0 heterocycles. The van der Waals surface area contributed by atoms with Gasteiger partial charge in [0.25, 0.3) is 0 Å². The van der Waals surface area contributed by atoms with E-state index in [9.17, 15) is 9.59 Å². The maximum atomic E-state index is 11.3. The van der Waals surface area contributed by atoms with Gasteiger partial charge in [-0.3, -0.25) is 4.79 Å². The Balaban J connectivity index is 2.13. The molecule has 6 nitrogen and oxygen atoms in total. The van der Waals surface area contributed by atoms with E-state index in [2.05, 4.69) is 21.3 Å². The monoisotopic (exact) mass is 264 g/mol. The summed E-state index contributed by atoms with van der Waals surface area (Å²) < 4.78 is 0. The zero-order valence-corrected chi connectivity index (χ0v) is 11.2. The molecule has 0 atom stereocenters. The van der Waals surface area contributed by atoms with Crippen LogP contribution < -0.4 is 21.3 Å². The molecule has 4 N–H and O–H groups in total. The van der Waals surface area contributed by atoms with E-state index in [0.717, 1.165) is 5.69 Å². The molecular weight excluding hydrogens is 244 g/mol. The quantitative estimate of drug-likeness (QED) is 0.563. The summed E-state index contributed by atoms with van der Waals surface area (Å²) in [4.78, 5) is 22.2. The highest BCUT2D eigenvalue weighted by atomic mass is 16.2. The lowest BCUT2D eigenvalue weighted by Gasteiger charge is -2.09. The fourth-order valence-corrected chi connectivity index (χ4v) is 1.45. The summed E-state index contributed by atoms with van der Waals surface area (Å²) in [6, 6.07) is 7.65. The number of nitrogens with one attached hydrogen (secondary N) is 4. The Kier molecular flexibility index (Phi) is 6.21. The molecule has 6 heteroatoms. The minimum absolute atomic E-state index is 0.0202. The van der Waals surface area contributed by atoms with Gasteiger partial charge in [-0.25, -0.2) is 4.79 Å². The van der Waals surface area contributed by atoms with Crippen LogP contribution in [0.25, 0.3) is 0 Å². The highest BCUT2D eigenvalue weighted by molar-refractivity contribution is 5.83. The van der Waals surface area contributed by atoms with Crippen molar-refractivity contribution in [3.05, 3.63) is 29.8 Å². The van der Waals surface area contributed by atoms with Crippen molar-refractivity contribution in [1.82, 2.24) is 16.0 Å². The fraction of sp³-hybridized carbons (Fsp3) is 0.385. The van der Waals surface area contributed by atoms with Crippen LogP contribution in [-0.2, 0) is 4.79 Å². The second-order valence-electron chi connectivity index (χ2n) is 4.08. The molecule has 0 radical (unpaired) electrons. The lowest BCUT2D eigenvalue weighted by Crippen LogP contribution is -2.42. The van der Waals surface area contributed by atoms with Gasteiger partial charge in [-0.2, -0.15) is 0 Å². The summed E-state index contributed by atoms with van der Waals surface area (Å²) in [5.41, 5.74) is 2.20. The highest BCUT2D eigenvalue weighted by Gasteiger charge is 2.02. The Bertz CT molecular complexity index is 434. The van der Waals surface area contributed by atoms with Crippen molar-refractivity contribution in [2.75, 3.05) is 32.0 Å². The van der Waals surface area contributed by atoms with Gasteiger partial charge in [0.15, 0.2) is 0 Å². The van der Waals surface area contributed by atoms with E-state index in [1.807, 2.05) is 31.2 Å². The lowest BCUT2D eigenvalue weighted by molar-refractivity contribution is -0.119. The second kappa shape index (κ2) is 7.97. The van der Waals surface area contributed by atoms with Crippen LogP contribution in [0.5, 0.6) is 0 Å². The summed E-state index contributed by atoms with van der Waals surface area (Å²) in [6.45, 7) is 3.10. The first-order chi connectivity index (χ1) is 9.11. The number of amides is 3. The van der Waals surface area contributed by atoms with Crippen LogP contribution in [0.4, 0.5) is 10.5 Å². The Morgan fingerprint density at radius 2 is 1.95 bits per heavy atom. The first-order valence-electron chi connectivity index (χ1n) is 6.14. The Labute approximate surface area is 113 Å². The highest BCUT2D eigenvalue weighted by Crippen LogP contribution is 2.08. The van der Waals surface area contributed by atoms with Crippen molar-refractivity contribution in [2.45, 2.75) is 6.92 Å². The first-order valence-corrected chi connectivity index (χ1v) is 6.14. The molecule has 0 fully saturated rings. The molecule has 0 spiro atoms. The van der Waals surface area contributed by atoms with Crippen LogP contribution in [0.3, 0.4) is 0 Å². The van der Waals surface area contributed by atoms with Gasteiger partial charge in [-0.15, -0.1) is 0 Å². The number of likely N-dealkylation sites (N-methyl/N-ethyl adjacent to an activating group) is 1. The van der Waals surface area contributed by atoms with Crippen molar-refractivity contribution in [1.29, 1.82) is 0 Å². The minimum Gasteiger partial charge on any atom is -0.383 e. The smallest absolute Gasteiger partial charge is 0.315 e. The Hall–Kier alpha value is -2.24. The standard InChI is InChI=1S/C13H20N4O2/c1-10-4-3-5-11(8-10)15-6-7-16-13(19)17-9-12(18)14-2/h3-5,8,15H,6-7,9H2,1-2H3,(H,14,18)(H2,16,17,19). The zero-order chi connectivity index (χ0) is 14.1. The second-order valence-corrected chi connectivity index (χ2v) is 4.08. The first kappa shape index (κ1) is 14.8. The summed E-state index contributed by atoms with van der Waals surface area (Å²) in [5.74, 6) is -0.229. The van der Waals surface area contributed by atoms with Gasteiger partial charge in [-0.05, 0) is 24.6 Å². The number of rotatable bonds is 6. The van der Waals surface area contributed by atoms with Crippen molar-refractivity contribution in [3.8, 4) is 0 Å². The van der Waals surface area contributed by atoms with Gasteiger partial charge >= 0.3 is 6.03 Å². The van der Waals surface area contributed by atoms with E-state index in [0.29, 0.717) is 13.1 Å². The molecule has 0 saturated heterocycles. The molecule has 3 amide bonds. The van der Waals surface area contributed by atoms with Crippen LogP contribution in [0.15, 0.2) is 24.3 Å². The number of carbonyl (C=O) groups excluding carboxylic acids is 2. The van der Waals surface area contributed by atoms with Crippen LogP contribution in [-0.4, -0.2) is 38.6 Å². The average molecular weight is 264 g/mol. The van der Waals surface area contributed by atoms with Crippen molar-refractivity contribution in [2.24, 2.45) is 0 Å². The third-order valence-electron chi connectivity index (χ3n) is 2.45. The number of aryl methyl sites for hydroxylation is 1. The predicted octanol–water partition coefficient (Wildman–Crippen LogP) is 0.452. The SMILES string of the molecule is CNC(=O)CNC(=O)NCCNc1cccc(C)c1. The third kappa shape index (κ3) is 6.30. The third-order valence-corrected chi connectivity index (χ3v) is 2.45. The molecule has 19 heavy (non-hydrogen) atoms. The van der Waals surface area contributed by atoms with E-state index >= 15 is 0 Å². The van der Waals surface area contributed by atoms with E-state index < -0.39 is 0 Å². The molecule has 1 rings (SSSR count). The number of hydrogen-bond donors (Lipinski definition) is 4. The van der Waals surface area contributed by atoms with Gasteiger partial charge in [0.2, 0.25) is 5.91 Å². The molecule has 1 aromatic carbocycles. The number of benzene rings is 1. The van der Waals surface area contributed by atoms with Crippen LogP contribution in [0, 0.1) is 6.92 Å². The van der Waals surface area contributed by atoms with Crippen molar-refractivity contribution < 1.29 is 9.59 Å². The molecule has 0 saturated carbocycles. The van der Waals surface area contributed by atoms with E-state index in [1.54, 1.807) is 0 Å². The van der Waals surface area contributed by atoms with E-state index in [4.69, 9.17) is 0 Å². The van der Waals surface area contributed by atoms with Crippen LogP contribution in [0.1, 0.15) is 5.56 Å². The topological polar surface area (TPSA) is 82.3 Å².